The lowest BCUT2D eigenvalue weighted by Crippen LogP contribution is -2.02. The van der Waals surface area contributed by atoms with Crippen LogP contribution in [0.3, 0.4) is 0 Å². The standard InChI is InChI=1S/C8H10F2N2/c1-5(2)6-7(8(9)10)12-4-3-11-6/h3-5,8H,1-2H3. The molecule has 0 radical (unpaired) electrons. The van der Waals surface area contributed by atoms with Gasteiger partial charge in [0.05, 0.1) is 5.69 Å². The number of nitrogens with zero attached hydrogens (tertiary/aromatic N) is 2. The van der Waals surface area contributed by atoms with E-state index >= 15 is 0 Å². The zero-order chi connectivity index (χ0) is 9.14. The monoisotopic (exact) mass is 172 g/mol. The predicted octanol–water partition coefficient (Wildman–Crippen LogP) is 2.54. The zero-order valence-corrected chi connectivity index (χ0v) is 6.96. The van der Waals surface area contributed by atoms with Crippen LogP contribution in [-0.2, 0) is 0 Å². The third-order valence-electron chi connectivity index (χ3n) is 1.51. The third-order valence-corrected chi connectivity index (χ3v) is 1.51. The summed E-state index contributed by atoms with van der Waals surface area (Å²) in [5, 5.41) is 0. The molecule has 1 heterocycles. The number of aromatic nitrogens is 2. The minimum atomic E-state index is -2.53. The van der Waals surface area contributed by atoms with Crippen LogP contribution in [0.5, 0.6) is 0 Å². The van der Waals surface area contributed by atoms with Gasteiger partial charge in [0, 0.05) is 12.4 Å². The molecule has 0 saturated heterocycles. The summed E-state index contributed by atoms with van der Waals surface area (Å²) >= 11 is 0. The Bertz CT molecular complexity index is 234. The summed E-state index contributed by atoms with van der Waals surface area (Å²) in [6.45, 7) is 3.63. The van der Waals surface area contributed by atoms with Crippen molar-refractivity contribution in [1.29, 1.82) is 0 Å². The molecule has 1 rings (SSSR count). The Kier molecular flexibility index (Phi) is 2.68. The van der Waals surface area contributed by atoms with Gasteiger partial charge in [-0.25, -0.2) is 8.78 Å². The number of hydrogen-bond acceptors (Lipinski definition) is 2. The van der Waals surface area contributed by atoms with Gasteiger partial charge < -0.3 is 0 Å². The van der Waals surface area contributed by atoms with Crippen molar-refractivity contribution < 1.29 is 8.78 Å². The Morgan fingerprint density at radius 2 is 1.58 bits per heavy atom. The van der Waals surface area contributed by atoms with E-state index in [2.05, 4.69) is 9.97 Å². The van der Waals surface area contributed by atoms with Gasteiger partial charge in [0.2, 0.25) is 0 Å². The largest absolute Gasteiger partial charge is 0.282 e. The van der Waals surface area contributed by atoms with Gasteiger partial charge in [-0.1, -0.05) is 13.8 Å². The van der Waals surface area contributed by atoms with Crippen molar-refractivity contribution in [2.75, 3.05) is 0 Å². The van der Waals surface area contributed by atoms with E-state index in [9.17, 15) is 8.78 Å². The van der Waals surface area contributed by atoms with Crippen molar-refractivity contribution in [3.8, 4) is 0 Å². The van der Waals surface area contributed by atoms with Crippen molar-refractivity contribution >= 4 is 0 Å². The molecule has 2 nitrogen and oxygen atoms in total. The lowest BCUT2D eigenvalue weighted by molar-refractivity contribution is 0.143. The topological polar surface area (TPSA) is 25.8 Å². The molecule has 4 heteroatoms. The van der Waals surface area contributed by atoms with E-state index in [0.29, 0.717) is 5.69 Å². The average Bonchev–Trinajstić information content (AvgIpc) is 2.04. The summed E-state index contributed by atoms with van der Waals surface area (Å²) in [6, 6.07) is 0. The van der Waals surface area contributed by atoms with Crippen LogP contribution in [0.15, 0.2) is 12.4 Å². The molecule has 0 aromatic carbocycles. The highest BCUT2D eigenvalue weighted by atomic mass is 19.3. The Balaban J connectivity index is 3.09. The first-order valence-electron chi connectivity index (χ1n) is 3.72. The molecule has 0 aliphatic rings. The normalized spacial score (nSPS) is 11.2. The van der Waals surface area contributed by atoms with E-state index in [4.69, 9.17) is 0 Å². The molecule has 0 aliphatic heterocycles. The molecule has 0 saturated carbocycles. The minimum Gasteiger partial charge on any atom is -0.257 e. The molecule has 0 unspecified atom stereocenters. The van der Waals surface area contributed by atoms with E-state index in [0.717, 1.165) is 0 Å². The van der Waals surface area contributed by atoms with Gasteiger partial charge in [-0.15, -0.1) is 0 Å². The van der Waals surface area contributed by atoms with Gasteiger partial charge >= 0.3 is 0 Å². The number of hydrogen-bond donors (Lipinski definition) is 0. The molecule has 0 bridgehead atoms. The van der Waals surface area contributed by atoms with Crippen LogP contribution in [0.25, 0.3) is 0 Å². The van der Waals surface area contributed by atoms with Crippen molar-refractivity contribution in [3.63, 3.8) is 0 Å². The number of alkyl halides is 2. The fourth-order valence-corrected chi connectivity index (χ4v) is 0.973. The van der Waals surface area contributed by atoms with Gasteiger partial charge in [0.25, 0.3) is 6.43 Å². The summed E-state index contributed by atoms with van der Waals surface area (Å²) in [4.78, 5) is 7.44. The first-order chi connectivity index (χ1) is 5.63. The van der Waals surface area contributed by atoms with Crippen LogP contribution in [0.2, 0.25) is 0 Å². The molecule has 0 spiro atoms. The van der Waals surface area contributed by atoms with Crippen LogP contribution in [0.1, 0.15) is 37.6 Å². The average molecular weight is 172 g/mol. The SMILES string of the molecule is CC(C)c1nccnc1C(F)F. The first kappa shape index (κ1) is 9.03. The maximum absolute atomic E-state index is 12.3. The van der Waals surface area contributed by atoms with E-state index in [-0.39, 0.29) is 11.6 Å². The van der Waals surface area contributed by atoms with Gasteiger partial charge in [0.1, 0.15) is 5.69 Å². The summed E-state index contributed by atoms with van der Waals surface area (Å²) in [7, 11) is 0. The highest BCUT2D eigenvalue weighted by Crippen LogP contribution is 2.23. The molecule has 0 N–H and O–H groups in total. The van der Waals surface area contributed by atoms with E-state index in [1.807, 2.05) is 13.8 Å². The fraction of sp³-hybridized carbons (Fsp3) is 0.500. The first-order valence-corrected chi connectivity index (χ1v) is 3.72. The molecule has 0 atom stereocenters. The highest BCUT2D eigenvalue weighted by Gasteiger charge is 2.16. The van der Waals surface area contributed by atoms with Gasteiger partial charge in [0.15, 0.2) is 0 Å². The maximum Gasteiger partial charge on any atom is 0.282 e. The van der Waals surface area contributed by atoms with Gasteiger partial charge in [-0.05, 0) is 5.92 Å². The molecule has 12 heavy (non-hydrogen) atoms. The smallest absolute Gasteiger partial charge is 0.257 e. The van der Waals surface area contributed by atoms with Crippen molar-refractivity contribution in [3.05, 3.63) is 23.8 Å². The Labute approximate surface area is 69.7 Å². The summed E-state index contributed by atoms with van der Waals surface area (Å²) in [6.07, 6.45) is 0.185. The minimum absolute atomic E-state index is 0.0114. The van der Waals surface area contributed by atoms with Crippen LogP contribution in [0, 0.1) is 0 Å². The second-order valence-corrected chi connectivity index (χ2v) is 2.78. The van der Waals surface area contributed by atoms with Crippen molar-refractivity contribution in [2.24, 2.45) is 0 Å². The summed E-state index contributed by atoms with van der Waals surface area (Å²) in [5.74, 6) is -0.0114. The summed E-state index contributed by atoms with van der Waals surface area (Å²) < 4.78 is 24.6. The third kappa shape index (κ3) is 1.75. The lowest BCUT2D eigenvalue weighted by atomic mass is 10.1. The number of halogens is 2. The molecular formula is C8H10F2N2. The molecule has 0 amide bonds. The second-order valence-electron chi connectivity index (χ2n) is 2.78. The molecule has 0 aliphatic carbocycles. The maximum atomic E-state index is 12.3. The van der Waals surface area contributed by atoms with Gasteiger partial charge in [-0.2, -0.15) is 0 Å². The van der Waals surface area contributed by atoms with Crippen LogP contribution >= 0.6 is 0 Å². The molecule has 66 valence electrons. The highest BCUT2D eigenvalue weighted by molar-refractivity contribution is 5.15. The predicted molar refractivity (Wildman–Crippen MR) is 41.1 cm³/mol. The zero-order valence-electron chi connectivity index (χ0n) is 6.96. The molecule has 1 aromatic heterocycles. The molecule has 0 fully saturated rings. The Morgan fingerprint density at radius 1 is 1.08 bits per heavy atom. The quantitative estimate of drug-likeness (QED) is 0.685. The van der Waals surface area contributed by atoms with Crippen LogP contribution in [-0.4, -0.2) is 9.97 Å². The van der Waals surface area contributed by atoms with E-state index in [1.54, 1.807) is 0 Å². The van der Waals surface area contributed by atoms with E-state index in [1.165, 1.54) is 12.4 Å². The van der Waals surface area contributed by atoms with Crippen LogP contribution in [0.4, 0.5) is 8.78 Å². The summed E-state index contributed by atoms with van der Waals surface area (Å²) in [5.41, 5.74) is 0.181. The van der Waals surface area contributed by atoms with Crippen molar-refractivity contribution in [2.45, 2.75) is 26.2 Å². The van der Waals surface area contributed by atoms with E-state index < -0.39 is 6.43 Å². The second kappa shape index (κ2) is 3.56. The number of rotatable bonds is 2. The fourth-order valence-electron chi connectivity index (χ4n) is 0.973. The Hall–Kier alpha value is -1.06. The molecular weight excluding hydrogens is 162 g/mol. The van der Waals surface area contributed by atoms with Crippen molar-refractivity contribution in [1.82, 2.24) is 9.97 Å². The van der Waals surface area contributed by atoms with Gasteiger partial charge in [-0.3, -0.25) is 9.97 Å². The molecule has 1 aromatic rings. The Morgan fingerprint density at radius 3 is 1.92 bits per heavy atom. The van der Waals surface area contributed by atoms with Crippen LogP contribution < -0.4 is 0 Å². The lowest BCUT2D eigenvalue weighted by Gasteiger charge is -2.08.